The van der Waals surface area contributed by atoms with Crippen molar-refractivity contribution >= 4 is 11.7 Å². The fourth-order valence-corrected chi connectivity index (χ4v) is 1.28. The molecule has 8 nitrogen and oxygen atoms in total. The van der Waals surface area contributed by atoms with Crippen molar-refractivity contribution < 1.29 is 4.79 Å². The first-order chi connectivity index (χ1) is 7.74. The Bertz CT molecular complexity index is 506. The highest BCUT2D eigenvalue weighted by Gasteiger charge is 2.19. The molecule has 0 aliphatic carbocycles. The van der Waals surface area contributed by atoms with Gasteiger partial charge in [-0.15, -0.1) is 5.10 Å². The van der Waals surface area contributed by atoms with E-state index in [2.05, 4.69) is 20.4 Å². The molecule has 0 aromatic carbocycles. The first kappa shape index (κ1) is 10.1. The summed E-state index contributed by atoms with van der Waals surface area (Å²) in [6.07, 6.45) is 1.52. The van der Waals surface area contributed by atoms with Crippen molar-refractivity contribution in [2.45, 2.75) is 0 Å². The van der Waals surface area contributed by atoms with Gasteiger partial charge < -0.3 is 5.73 Å². The summed E-state index contributed by atoms with van der Waals surface area (Å²) in [5.41, 5.74) is 8.54. The van der Waals surface area contributed by atoms with Gasteiger partial charge >= 0.3 is 0 Å². The Morgan fingerprint density at radius 1 is 1.50 bits per heavy atom. The van der Waals surface area contributed by atoms with Crippen LogP contribution >= 0.6 is 0 Å². The molecule has 1 amide bonds. The van der Waals surface area contributed by atoms with Crippen LogP contribution in [-0.4, -0.2) is 26.3 Å². The molecule has 0 saturated heterocycles. The number of nitrogen functional groups attached to an aromatic ring is 2. The smallest absolute Gasteiger partial charge is 0.271 e. The molecule has 2 aromatic heterocycles. The van der Waals surface area contributed by atoms with Gasteiger partial charge in [0.2, 0.25) is 0 Å². The lowest BCUT2D eigenvalue weighted by Gasteiger charge is -2.00. The Hall–Kier alpha value is -2.48. The third-order valence-corrected chi connectivity index (χ3v) is 1.98. The van der Waals surface area contributed by atoms with Gasteiger partial charge in [-0.3, -0.25) is 15.3 Å². The minimum Gasteiger partial charge on any atom is -0.382 e. The Labute approximate surface area is 90.0 Å². The summed E-state index contributed by atoms with van der Waals surface area (Å²) in [5, 5.41) is 13.9. The number of carbonyl (C=O) groups is 1. The molecular weight excluding hydrogens is 210 g/mol. The maximum atomic E-state index is 11.5. The van der Waals surface area contributed by atoms with Crippen molar-refractivity contribution in [1.29, 1.82) is 0 Å². The summed E-state index contributed by atoms with van der Waals surface area (Å²) in [4.78, 5) is 11.5. The number of hydrogen-bond acceptors (Lipinski definition) is 6. The van der Waals surface area contributed by atoms with Crippen LogP contribution in [0.25, 0.3) is 11.4 Å². The van der Waals surface area contributed by atoms with Crippen LogP contribution in [0.5, 0.6) is 0 Å². The lowest BCUT2D eigenvalue weighted by Crippen LogP contribution is -2.30. The van der Waals surface area contributed by atoms with Crippen molar-refractivity contribution in [3.63, 3.8) is 0 Å². The molecule has 8 heteroatoms. The van der Waals surface area contributed by atoms with Crippen LogP contribution in [0, 0.1) is 0 Å². The van der Waals surface area contributed by atoms with Gasteiger partial charge in [0, 0.05) is 6.20 Å². The minimum absolute atomic E-state index is 0.0589. The predicted octanol–water partition coefficient (Wildman–Crippen LogP) is -0.948. The lowest BCUT2D eigenvalue weighted by molar-refractivity contribution is 0.0955. The van der Waals surface area contributed by atoms with Crippen molar-refractivity contribution in [2.75, 3.05) is 5.73 Å². The summed E-state index contributed by atoms with van der Waals surface area (Å²) in [5.74, 6) is 4.57. The van der Waals surface area contributed by atoms with E-state index >= 15 is 0 Å². The van der Waals surface area contributed by atoms with E-state index in [4.69, 9.17) is 11.6 Å². The SMILES string of the molecule is NNC(=O)c1c(N)n[nH]c1-c1cccnn1. The van der Waals surface area contributed by atoms with Gasteiger partial charge in [0.25, 0.3) is 5.91 Å². The average molecular weight is 219 g/mol. The average Bonchev–Trinajstić information content (AvgIpc) is 2.71. The first-order valence-electron chi connectivity index (χ1n) is 4.37. The van der Waals surface area contributed by atoms with Crippen molar-refractivity contribution in [2.24, 2.45) is 5.84 Å². The highest BCUT2D eigenvalue weighted by Crippen LogP contribution is 2.22. The lowest BCUT2D eigenvalue weighted by atomic mass is 10.1. The molecule has 0 spiro atoms. The summed E-state index contributed by atoms with van der Waals surface area (Å²) >= 11 is 0. The molecule has 0 atom stereocenters. The van der Waals surface area contributed by atoms with Crippen LogP contribution < -0.4 is 17.0 Å². The van der Waals surface area contributed by atoms with E-state index in [-0.39, 0.29) is 11.4 Å². The zero-order valence-corrected chi connectivity index (χ0v) is 8.14. The van der Waals surface area contributed by atoms with Gasteiger partial charge in [0.1, 0.15) is 17.0 Å². The molecule has 0 radical (unpaired) electrons. The third kappa shape index (κ3) is 1.57. The number of nitrogens with one attached hydrogen (secondary N) is 2. The van der Waals surface area contributed by atoms with Gasteiger partial charge in [0.15, 0.2) is 5.82 Å². The van der Waals surface area contributed by atoms with Gasteiger partial charge in [0.05, 0.1) is 0 Å². The van der Waals surface area contributed by atoms with E-state index in [1.807, 2.05) is 5.43 Å². The standard InChI is InChI=1S/C8H9N7O/c9-7-5(8(16)12-10)6(14-15-7)4-2-1-3-11-13-4/h1-3H,10H2,(H,12,16)(H3,9,14,15). The molecule has 0 aliphatic rings. The number of hydrazine groups is 1. The maximum Gasteiger partial charge on any atom is 0.271 e. The van der Waals surface area contributed by atoms with E-state index in [9.17, 15) is 4.79 Å². The Balaban J connectivity index is 2.55. The highest BCUT2D eigenvalue weighted by atomic mass is 16.2. The molecule has 2 heterocycles. The first-order valence-corrected chi connectivity index (χ1v) is 4.37. The van der Waals surface area contributed by atoms with E-state index in [1.54, 1.807) is 12.1 Å². The quantitative estimate of drug-likeness (QED) is 0.292. The van der Waals surface area contributed by atoms with Crippen LogP contribution in [0.3, 0.4) is 0 Å². The van der Waals surface area contributed by atoms with Crippen LogP contribution in [0.2, 0.25) is 0 Å². The number of rotatable bonds is 2. The summed E-state index contributed by atoms with van der Waals surface area (Å²) in [6, 6.07) is 3.36. The molecule has 0 unspecified atom stereocenters. The van der Waals surface area contributed by atoms with Crippen LogP contribution in [-0.2, 0) is 0 Å². The molecule has 16 heavy (non-hydrogen) atoms. The molecular formula is C8H9N7O. The van der Waals surface area contributed by atoms with Crippen molar-refractivity contribution in [3.8, 4) is 11.4 Å². The van der Waals surface area contributed by atoms with Gasteiger partial charge in [-0.05, 0) is 12.1 Å². The Kier molecular flexibility index (Phi) is 2.48. The number of aromatic nitrogens is 4. The molecule has 0 saturated carbocycles. The Morgan fingerprint density at radius 2 is 2.31 bits per heavy atom. The number of nitrogens with two attached hydrogens (primary N) is 2. The second kappa shape index (κ2) is 3.95. The zero-order valence-electron chi connectivity index (χ0n) is 8.14. The minimum atomic E-state index is -0.535. The second-order valence-electron chi connectivity index (χ2n) is 2.94. The van der Waals surface area contributed by atoms with Gasteiger partial charge in [-0.1, -0.05) is 0 Å². The number of aromatic amines is 1. The number of amides is 1. The van der Waals surface area contributed by atoms with Crippen molar-refractivity contribution in [1.82, 2.24) is 25.8 Å². The Morgan fingerprint density at radius 3 is 2.94 bits per heavy atom. The number of hydrogen-bond donors (Lipinski definition) is 4. The van der Waals surface area contributed by atoms with Crippen LogP contribution in [0.4, 0.5) is 5.82 Å². The number of H-pyrrole nitrogens is 1. The third-order valence-electron chi connectivity index (χ3n) is 1.98. The number of carbonyl (C=O) groups excluding carboxylic acids is 1. The molecule has 6 N–H and O–H groups in total. The maximum absolute atomic E-state index is 11.5. The number of anilines is 1. The normalized spacial score (nSPS) is 10.1. The largest absolute Gasteiger partial charge is 0.382 e. The van der Waals surface area contributed by atoms with Crippen LogP contribution in [0.1, 0.15) is 10.4 Å². The fourth-order valence-electron chi connectivity index (χ4n) is 1.28. The fraction of sp³-hybridized carbons (Fsp3) is 0. The second-order valence-corrected chi connectivity index (χ2v) is 2.94. The topological polar surface area (TPSA) is 136 Å². The van der Waals surface area contributed by atoms with Gasteiger partial charge in [-0.2, -0.15) is 10.2 Å². The summed E-state index contributed by atoms with van der Waals surface area (Å²) in [6.45, 7) is 0. The zero-order chi connectivity index (χ0) is 11.5. The predicted molar refractivity (Wildman–Crippen MR) is 55.7 cm³/mol. The molecule has 2 aromatic rings. The molecule has 0 fully saturated rings. The summed E-state index contributed by atoms with van der Waals surface area (Å²) < 4.78 is 0. The molecule has 0 bridgehead atoms. The van der Waals surface area contributed by atoms with E-state index in [1.165, 1.54) is 6.20 Å². The van der Waals surface area contributed by atoms with Gasteiger partial charge in [-0.25, -0.2) is 5.84 Å². The highest BCUT2D eigenvalue weighted by molar-refractivity contribution is 6.03. The monoisotopic (exact) mass is 219 g/mol. The summed E-state index contributed by atoms with van der Waals surface area (Å²) in [7, 11) is 0. The van der Waals surface area contributed by atoms with Crippen LogP contribution in [0.15, 0.2) is 18.3 Å². The number of nitrogens with zero attached hydrogens (tertiary/aromatic N) is 3. The van der Waals surface area contributed by atoms with E-state index in [0.717, 1.165) is 0 Å². The molecule has 0 aliphatic heterocycles. The van der Waals surface area contributed by atoms with Crippen molar-refractivity contribution in [3.05, 3.63) is 23.9 Å². The van der Waals surface area contributed by atoms with E-state index < -0.39 is 5.91 Å². The molecule has 82 valence electrons. The van der Waals surface area contributed by atoms with E-state index in [0.29, 0.717) is 11.4 Å². The molecule has 2 rings (SSSR count).